The fourth-order valence-corrected chi connectivity index (χ4v) is 4.00. The van der Waals surface area contributed by atoms with E-state index in [2.05, 4.69) is 27.3 Å². The van der Waals surface area contributed by atoms with Crippen molar-refractivity contribution in [3.63, 3.8) is 0 Å². The summed E-state index contributed by atoms with van der Waals surface area (Å²) in [4.78, 5) is 27.3. The van der Waals surface area contributed by atoms with Gasteiger partial charge in [0.25, 0.3) is 11.8 Å². The van der Waals surface area contributed by atoms with Gasteiger partial charge in [0.05, 0.1) is 16.0 Å². The predicted molar refractivity (Wildman–Crippen MR) is 103 cm³/mol. The Hall–Kier alpha value is -2.17. The highest BCUT2D eigenvalue weighted by Crippen LogP contribution is 2.34. The number of amides is 2. The molecule has 1 heterocycles. The minimum absolute atomic E-state index is 0.120. The van der Waals surface area contributed by atoms with Gasteiger partial charge in [0.1, 0.15) is 11.1 Å². The van der Waals surface area contributed by atoms with Crippen LogP contribution in [-0.4, -0.2) is 29.8 Å². The summed E-state index contributed by atoms with van der Waals surface area (Å²) < 4.78 is 0.665. The predicted octanol–water partition coefficient (Wildman–Crippen LogP) is 4.43. The number of nitrogens with zero attached hydrogens (tertiary/aromatic N) is 2. The second kappa shape index (κ2) is 8.28. The Morgan fingerprint density at radius 2 is 1.92 bits per heavy atom. The van der Waals surface area contributed by atoms with E-state index in [0.29, 0.717) is 44.1 Å². The minimum atomic E-state index is -0.327. The number of benzene rings is 1. The third kappa shape index (κ3) is 3.91. The smallest absolute Gasteiger partial charge is 0.264 e. The van der Waals surface area contributed by atoms with Crippen LogP contribution in [0.4, 0.5) is 5.00 Å². The summed E-state index contributed by atoms with van der Waals surface area (Å²) in [5.41, 5.74) is 1.40. The third-order valence-corrected chi connectivity index (χ3v) is 5.74. The van der Waals surface area contributed by atoms with E-state index in [-0.39, 0.29) is 11.8 Å². The molecule has 0 fully saturated rings. The van der Waals surface area contributed by atoms with Gasteiger partial charge in [-0.25, -0.2) is 0 Å². The molecule has 1 aromatic heterocycles. The van der Waals surface area contributed by atoms with Gasteiger partial charge in [-0.05, 0) is 54.4 Å². The van der Waals surface area contributed by atoms with Crippen molar-refractivity contribution in [1.82, 2.24) is 4.90 Å². The van der Waals surface area contributed by atoms with Crippen molar-refractivity contribution < 1.29 is 9.59 Å². The van der Waals surface area contributed by atoms with Crippen molar-refractivity contribution in [2.24, 2.45) is 0 Å². The molecule has 1 aromatic carbocycles. The molecule has 2 rings (SSSR count). The molecule has 0 aliphatic carbocycles. The molecule has 0 radical (unpaired) electrons. The highest BCUT2D eigenvalue weighted by Gasteiger charge is 2.24. The van der Waals surface area contributed by atoms with Gasteiger partial charge in [0.15, 0.2) is 0 Å². The molecule has 25 heavy (non-hydrogen) atoms. The molecule has 5 nitrogen and oxygen atoms in total. The molecule has 0 bridgehead atoms. The summed E-state index contributed by atoms with van der Waals surface area (Å²) in [6, 6.07) is 9.14. The molecule has 0 saturated carbocycles. The molecule has 0 aliphatic rings. The lowest BCUT2D eigenvalue weighted by atomic mass is 10.1. The van der Waals surface area contributed by atoms with Crippen LogP contribution < -0.4 is 5.32 Å². The van der Waals surface area contributed by atoms with Crippen molar-refractivity contribution >= 4 is 44.1 Å². The van der Waals surface area contributed by atoms with E-state index >= 15 is 0 Å². The normalized spacial score (nSPS) is 10.2. The number of thiophene rings is 1. The molecular weight excluding hydrogens is 402 g/mol. The Morgan fingerprint density at radius 3 is 2.48 bits per heavy atom. The molecule has 2 amide bonds. The van der Waals surface area contributed by atoms with Crippen LogP contribution in [0.2, 0.25) is 0 Å². The molecule has 1 N–H and O–H groups in total. The first-order chi connectivity index (χ1) is 11.9. The Labute approximate surface area is 159 Å². The first-order valence-electron chi connectivity index (χ1n) is 7.83. The lowest BCUT2D eigenvalue weighted by Gasteiger charge is -2.17. The Bertz CT molecular complexity index is 850. The quantitative estimate of drug-likeness (QED) is 0.778. The van der Waals surface area contributed by atoms with Gasteiger partial charge >= 0.3 is 0 Å². The highest BCUT2D eigenvalue weighted by molar-refractivity contribution is 9.10. The van der Waals surface area contributed by atoms with E-state index in [1.807, 2.05) is 19.9 Å². The number of hydrogen-bond acceptors (Lipinski definition) is 4. The van der Waals surface area contributed by atoms with Crippen molar-refractivity contribution in [2.45, 2.75) is 20.8 Å². The van der Waals surface area contributed by atoms with Crippen LogP contribution in [-0.2, 0) is 0 Å². The Kier molecular flexibility index (Phi) is 6.34. The van der Waals surface area contributed by atoms with Gasteiger partial charge in [-0.1, -0.05) is 12.1 Å². The van der Waals surface area contributed by atoms with Gasteiger partial charge < -0.3 is 10.2 Å². The van der Waals surface area contributed by atoms with Crippen molar-refractivity contribution in [3.05, 3.63) is 50.3 Å². The van der Waals surface area contributed by atoms with Crippen LogP contribution in [0.1, 0.15) is 45.0 Å². The van der Waals surface area contributed by atoms with Crippen molar-refractivity contribution in [2.75, 3.05) is 18.4 Å². The molecule has 0 spiro atoms. The highest BCUT2D eigenvalue weighted by atomic mass is 79.9. The van der Waals surface area contributed by atoms with Crippen LogP contribution in [0, 0.1) is 18.3 Å². The van der Waals surface area contributed by atoms with E-state index in [0.717, 1.165) is 11.3 Å². The summed E-state index contributed by atoms with van der Waals surface area (Å²) in [5, 5.41) is 12.6. The van der Waals surface area contributed by atoms with Gasteiger partial charge in [0, 0.05) is 17.6 Å². The number of carbonyl (C=O) groups excluding carboxylic acids is 2. The average molecular weight is 420 g/mol. The standard InChI is InChI=1S/C18H18BrN3O2S/c1-4-22(5-2)18(24)15-11(3)13(10-20)17(25-15)21-16(23)12-8-6-7-9-14(12)19/h6-9H,4-5H2,1-3H3,(H,21,23). The van der Waals surface area contributed by atoms with E-state index in [4.69, 9.17) is 0 Å². The zero-order valence-corrected chi connectivity index (χ0v) is 16.6. The van der Waals surface area contributed by atoms with Gasteiger partial charge in [-0.15, -0.1) is 11.3 Å². The number of carbonyl (C=O) groups is 2. The maximum absolute atomic E-state index is 12.6. The molecule has 0 atom stereocenters. The maximum atomic E-state index is 12.6. The monoisotopic (exact) mass is 419 g/mol. The summed E-state index contributed by atoms with van der Waals surface area (Å²) in [6.07, 6.45) is 0. The fourth-order valence-electron chi connectivity index (χ4n) is 2.41. The number of rotatable bonds is 5. The van der Waals surface area contributed by atoms with Crippen molar-refractivity contribution in [3.8, 4) is 6.07 Å². The second-order valence-corrected chi connectivity index (χ2v) is 7.16. The summed E-state index contributed by atoms with van der Waals surface area (Å²) in [7, 11) is 0. The number of nitrogens with one attached hydrogen (secondary N) is 1. The van der Waals surface area contributed by atoms with Crippen LogP contribution >= 0.6 is 27.3 Å². The minimum Gasteiger partial charge on any atom is -0.338 e. The molecular formula is C18H18BrN3O2S. The zero-order valence-electron chi connectivity index (χ0n) is 14.2. The largest absolute Gasteiger partial charge is 0.338 e. The molecule has 130 valence electrons. The fraction of sp³-hybridized carbons (Fsp3) is 0.278. The van der Waals surface area contributed by atoms with E-state index in [9.17, 15) is 14.9 Å². The average Bonchev–Trinajstić information content (AvgIpc) is 2.91. The molecule has 7 heteroatoms. The SMILES string of the molecule is CCN(CC)C(=O)c1sc(NC(=O)c2ccccc2Br)c(C#N)c1C. The van der Waals surface area contributed by atoms with Gasteiger partial charge in [-0.2, -0.15) is 5.26 Å². The Morgan fingerprint density at radius 1 is 1.28 bits per heavy atom. The van der Waals surface area contributed by atoms with Crippen LogP contribution in [0.25, 0.3) is 0 Å². The third-order valence-electron chi connectivity index (χ3n) is 3.85. The van der Waals surface area contributed by atoms with E-state index in [1.54, 1.807) is 30.0 Å². The lowest BCUT2D eigenvalue weighted by molar-refractivity contribution is 0.0777. The molecule has 0 saturated heterocycles. The molecule has 0 aliphatic heterocycles. The number of nitriles is 1. The maximum Gasteiger partial charge on any atom is 0.264 e. The van der Waals surface area contributed by atoms with Crippen molar-refractivity contribution in [1.29, 1.82) is 5.26 Å². The van der Waals surface area contributed by atoms with E-state index in [1.165, 1.54) is 0 Å². The number of hydrogen-bond donors (Lipinski definition) is 1. The topological polar surface area (TPSA) is 73.2 Å². The van der Waals surface area contributed by atoms with Crippen LogP contribution in [0.15, 0.2) is 28.7 Å². The number of halogens is 1. The summed E-state index contributed by atoms with van der Waals surface area (Å²) in [6.45, 7) is 6.73. The van der Waals surface area contributed by atoms with Gasteiger partial charge in [0.2, 0.25) is 0 Å². The van der Waals surface area contributed by atoms with Crippen LogP contribution in [0.5, 0.6) is 0 Å². The van der Waals surface area contributed by atoms with Gasteiger partial charge in [-0.3, -0.25) is 9.59 Å². The second-order valence-electron chi connectivity index (χ2n) is 5.28. The molecule has 0 unspecified atom stereocenters. The zero-order chi connectivity index (χ0) is 18.6. The van der Waals surface area contributed by atoms with Crippen LogP contribution in [0.3, 0.4) is 0 Å². The first-order valence-corrected chi connectivity index (χ1v) is 9.44. The van der Waals surface area contributed by atoms with E-state index < -0.39 is 0 Å². The summed E-state index contributed by atoms with van der Waals surface area (Å²) >= 11 is 4.49. The first kappa shape index (κ1) is 19.2. The Balaban J connectivity index is 2.38. The summed E-state index contributed by atoms with van der Waals surface area (Å²) in [5.74, 6) is -0.447. The lowest BCUT2D eigenvalue weighted by Crippen LogP contribution is -2.30. The number of anilines is 1. The molecule has 2 aromatic rings.